The Morgan fingerprint density at radius 3 is 2.88 bits per heavy atom. The SMILES string of the molecule is Cc1c(Cl)cccc1NC1=N[C@@H](C(C)C)CS1. The lowest BCUT2D eigenvalue weighted by Crippen LogP contribution is -2.12. The van der Waals surface area contributed by atoms with Gasteiger partial charge in [-0.05, 0) is 30.5 Å². The summed E-state index contributed by atoms with van der Waals surface area (Å²) < 4.78 is 0. The molecule has 4 heteroatoms. The molecule has 1 aliphatic rings. The van der Waals surface area contributed by atoms with Crippen molar-refractivity contribution in [2.24, 2.45) is 10.9 Å². The molecule has 0 radical (unpaired) electrons. The van der Waals surface area contributed by atoms with E-state index >= 15 is 0 Å². The number of rotatable bonds is 2. The Balaban J connectivity index is 2.12. The summed E-state index contributed by atoms with van der Waals surface area (Å²) in [5.74, 6) is 1.67. The largest absolute Gasteiger partial charge is 0.335 e. The molecule has 0 spiro atoms. The molecule has 1 aliphatic heterocycles. The Labute approximate surface area is 112 Å². The third-order valence-corrected chi connectivity index (χ3v) is 4.35. The number of hydrogen-bond donors (Lipinski definition) is 1. The summed E-state index contributed by atoms with van der Waals surface area (Å²) in [5, 5.41) is 5.16. The van der Waals surface area contributed by atoms with Crippen LogP contribution in [0.1, 0.15) is 19.4 Å². The summed E-state index contributed by atoms with van der Waals surface area (Å²) in [6.45, 7) is 6.44. The van der Waals surface area contributed by atoms with Crippen LogP contribution in [-0.4, -0.2) is 17.0 Å². The predicted octanol–water partition coefficient (Wildman–Crippen LogP) is 4.19. The fourth-order valence-corrected chi connectivity index (χ4v) is 3.01. The molecule has 1 N–H and O–H groups in total. The van der Waals surface area contributed by atoms with Crippen molar-refractivity contribution >= 4 is 34.2 Å². The Morgan fingerprint density at radius 1 is 1.47 bits per heavy atom. The smallest absolute Gasteiger partial charge is 0.161 e. The van der Waals surface area contributed by atoms with Crippen molar-refractivity contribution in [2.75, 3.05) is 11.1 Å². The minimum absolute atomic E-state index is 0.432. The van der Waals surface area contributed by atoms with Gasteiger partial charge in [0.1, 0.15) is 0 Å². The molecular weight excluding hydrogens is 252 g/mol. The van der Waals surface area contributed by atoms with E-state index in [1.54, 1.807) is 11.8 Å². The number of amidine groups is 1. The van der Waals surface area contributed by atoms with Crippen molar-refractivity contribution < 1.29 is 0 Å². The molecule has 0 aromatic heterocycles. The molecular formula is C13H17ClN2S. The second-order valence-electron chi connectivity index (χ2n) is 4.59. The number of hydrogen-bond acceptors (Lipinski definition) is 3. The second-order valence-corrected chi connectivity index (χ2v) is 6.01. The Bertz CT molecular complexity index is 443. The van der Waals surface area contributed by atoms with Crippen molar-refractivity contribution in [1.82, 2.24) is 0 Å². The van der Waals surface area contributed by atoms with Crippen LogP contribution < -0.4 is 5.32 Å². The van der Waals surface area contributed by atoms with Gasteiger partial charge in [0.05, 0.1) is 6.04 Å². The van der Waals surface area contributed by atoms with Crippen LogP contribution in [0.3, 0.4) is 0 Å². The molecule has 0 bridgehead atoms. The molecule has 0 saturated heterocycles. The lowest BCUT2D eigenvalue weighted by Gasteiger charge is -2.09. The zero-order valence-corrected chi connectivity index (χ0v) is 11.9. The molecule has 92 valence electrons. The first-order valence-electron chi connectivity index (χ1n) is 5.80. The first kappa shape index (κ1) is 12.8. The van der Waals surface area contributed by atoms with Crippen molar-refractivity contribution in [3.8, 4) is 0 Å². The van der Waals surface area contributed by atoms with Gasteiger partial charge < -0.3 is 5.32 Å². The number of nitrogens with one attached hydrogen (secondary N) is 1. The second kappa shape index (κ2) is 5.32. The summed E-state index contributed by atoms with van der Waals surface area (Å²) in [6, 6.07) is 6.33. The molecule has 0 aliphatic carbocycles. The van der Waals surface area contributed by atoms with Crippen LogP contribution in [0.15, 0.2) is 23.2 Å². The lowest BCUT2D eigenvalue weighted by molar-refractivity contribution is 0.543. The molecule has 1 heterocycles. The van der Waals surface area contributed by atoms with Crippen molar-refractivity contribution in [3.05, 3.63) is 28.8 Å². The first-order valence-corrected chi connectivity index (χ1v) is 7.17. The van der Waals surface area contributed by atoms with Gasteiger partial charge in [0.25, 0.3) is 0 Å². The van der Waals surface area contributed by atoms with E-state index in [2.05, 4.69) is 24.2 Å². The highest BCUT2D eigenvalue weighted by molar-refractivity contribution is 8.14. The molecule has 2 rings (SSSR count). The molecule has 17 heavy (non-hydrogen) atoms. The van der Waals surface area contributed by atoms with Crippen molar-refractivity contribution in [3.63, 3.8) is 0 Å². The van der Waals surface area contributed by atoms with Gasteiger partial charge in [-0.25, -0.2) is 0 Å². The zero-order valence-electron chi connectivity index (χ0n) is 10.3. The molecule has 0 saturated carbocycles. The summed E-state index contributed by atoms with van der Waals surface area (Å²) >= 11 is 7.88. The van der Waals surface area contributed by atoms with E-state index in [9.17, 15) is 0 Å². The van der Waals surface area contributed by atoms with Crippen LogP contribution in [0.4, 0.5) is 5.69 Å². The average Bonchev–Trinajstić information content (AvgIpc) is 2.73. The van der Waals surface area contributed by atoms with E-state index in [-0.39, 0.29) is 0 Å². The predicted molar refractivity (Wildman–Crippen MR) is 78.3 cm³/mol. The highest BCUT2D eigenvalue weighted by atomic mass is 35.5. The highest BCUT2D eigenvalue weighted by Crippen LogP contribution is 2.27. The van der Waals surface area contributed by atoms with Gasteiger partial charge in [0.2, 0.25) is 0 Å². The fraction of sp³-hybridized carbons (Fsp3) is 0.462. The van der Waals surface area contributed by atoms with E-state index in [0.717, 1.165) is 27.2 Å². The van der Waals surface area contributed by atoms with Gasteiger partial charge >= 0.3 is 0 Å². The molecule has 2 nitrogen and oxygen atoms in total. The van der Waals surface area contributed by atoms with Crippen LogP contribution >= 0.6 is 23.4 Å². The van der Waals surface area contributed by atoms with Gasteiger partial charge in [-0.2, -0.15) is 0 Å². The molecule has 1 aromatic rings. The van der Waals surface area contributed by atoms with Gasteiger partial charge in [-0.15, -0.1) is 0 Å². The van der Waals surface area contributed by atoms with Crippen molar-refractivity contribution in [1.29, 1.82) is 0 Å². The summed E-state index contributed by atoms with van der Waals surface area (Å²) in [5.41, 5.74) is 2.12. The molecule has 1 aromatic carbocycles. The number of nitrogens with zero attached hydrogens (tertiary/aromatic N) is 1. The zero-order chi connectivity index (χ0) is 12.4. The number of anilines is 1. The van der Waals surface area contributed by atoms with E-state index < -0.39 is 0 Å². The van der Waals surface area contributed by atoms with E-state index in [4.69, 9.17) is 11.6 Å². The van der Waals surface area contributed by atoms with Crippen LogP contribution in [-0.2, 0) is 0 Å². The summed E-state index contributed by atoms with van der Waals surface area (Å²) in [4.78, 5) is 4.68. The maximum absolute atomic E-state index is 6.09. The van der Waals surface area contributed by atoms with E-state index in [1.165, 1.54) is 0 Å². The topological polar surface area (TPSA) is 24.4 Å². The Kier molecular flexibility index (Phi) is 4.00. The molecule has 0 amide bonds. The molecule has 1 atom stereocenters. The summed E-state index contributed by atoms with van der Waals surface area (Å²) in [6.07, 6.45) is 0. The van der Waals surface area contributed by atoms with Gasteiger partial charge in [-0.3, -0.25) is 4.99 Å². The summed E-state index contributed by atoms with van der Waals surface area (Å²) in [7, 11) is 0. The maximum Gasteiger partial charge on any atom is 0.161 e. The van der Waals surface area contributed by atoms with Gasteiger partial charge in [0, 0.05) is 16.5 Å². The van der Waals surface area contributed by atoms with E-state index in [1.807, 2.05) is 25.1 Å². The standard InChI is InChI=1S/C13H17ClN2S/c1-8(2)12-7-17-13(16-12)15-11-6-4-5-10(14)9(11)3/h4-6,8,12H,7H2,1-3H3,(H,15,16)/t12-/m1/s1. The minimum atomic E-state index is 0.432. The minimum Gasteiger partial charge on any atom is -0.335 e. The number of benzene rings is 1. The van der Waals surface area contributed by atoms with Crippen LogP contribution in [0.5, 0.6) is 0 Å². The fourth-order valence-electron chi connectivity index (χ4n) is 1.66. The molecule has 0 unspecified atom stereocenters. The number of aliphatic imine (C=N–C) groups is 1. The van der Waals surface area contributed by atoms with Gasteiger partial charge in [-0.1, -0.05) is 43.3 Å². The van der Waals surface area contributed by atoms with E-state index in [0.29, 0.717) is 12.0 Å². The lowest BCUT2D eigenvalue weighted by atomic mass is 10.1. The quantitative estimate of drug-likeness (QED) is 0.870. The monoisotopic (exact) mass is 268 g/mol. The van der Waals surface area contributed by atoms with Crippen LogP contribution in [0, 0.1) is 12.8 Å². The number of halogens is 1. The number of thioether (sulfide) groups is 1. The van der Waals surface area contributed by atoms with Crippen molar-refractivity contribution in [2.45, 2.75) is 26.8 Å². The van der Waals surface area contributed by atoms with Crippen LogP contribution in [0.25, 0.3) is 0 Å². The third kappa shape index (κ3) is 2.96. The van der Waals surface area contributed by atoms with Gasteiger partial charge in [0.15, 0.2) is 5.17 Å². The first-order chi connectivity index (χ1) is 8.08. The third-order valence-electron chi connectivity index (χ3n) is 2.95. The normalized spacial score (nSPS) is 19.6. The molecule has 0 fully saturated rings. The Morgan fingerprint density at radius 2 is 2.24 bits per heavy atom. The average molecular weight is 269 g/mol. The maximum atomic E-state index is 6.09. The Hall–Kier alpha value is -0.670. The van der Waals surface area contributed by atoms with Crippen LogP contribution in [0.2, 0.25) is 5.02 Å². The highest BCUT2D eigenvalue weighted by Gasteiger charge is 2.21.